The number of nitrogens with zero attached hydrogens (tertiary/aromatic N) is 2. The third kappa shape index (κ3) is 3.37. The molecule has 0 saturated carbocycles. The highest BCUT2D eigenvalue weighted by Crippen LogP contribution is 2.35. The molecule has 2 aliphatic heterocycles. The molecule has 0 atom stereocenters. The molecule has 144 valence electrons. The molecule has 4 rings (SSSR count). The van der Waals surface area contributed by atoms with Crippen LogP contribution in [0.3, 0.4) is 0 Å². The Morgan fingerprint density at radius 3 is 2.37 bits per heavy atom. The number of sulfonamides is 1. The Hall–Kier alpha value is -2.25. The van der Waals surface area contributed by atoms with Gasteiger partial charge in [-0.05, 0) is 29.7 Å². The van der Waals surface area contributed by atoms with Gasteiger partial charge >= 0.3 is 0 Å². The van der Waals surface area contributed by atoms with Crippen LogP contribution in [0.4, 0.5) is 5.69 Å². The molecule has 2 aromatic rings. The van der Waals surface area contributed by atoms with Crippen LogP contribution in [0.15, 0.2) is 47.4 Å². The standard InChI is InChI=1S/C20H24N2O4S/c1-15(2)17-5-3-4-6-18(17)21-9-11-22(12-10-21)27(23,24)16-7-8-19-20(13-16)26-14-25-19/h3-8,13,15H,9-12,14H2,1-2H3. The van der Waals surface area contributed by atoms with Gasteiger partial charge in [-0.25, -0.2) is 8.42 Å². The van der Waals surface area contributed by atoms with Gasteiger partial charge in [0.05, 0.1) is 4.90 Å². The summed E-state index contributed by atoms with van der Waals surface area (Å²) in [4.78, 5) is 2.53. The second-order valence-electron chi connectivity index (χ2n) is 7.12. The van der Waals surface area contributed by atoms with Crippen LogP contribution < -0.4 is 14.4 Å². The molecule has 2 aromatic carbocycles. The van der Waals surface area contributed by atoms with E-state index in [9.17, 15) is 8.42 Å². The van der Waals surface area contributed by atoms with Crippen LogP contribution in [0.1, 0.15) is 25.3 Å². The first-order chi connectivity index (χ1) is 13.0. The highest BCUT2D eigenvalue weighted by atomic mass is 32.2. The summed E-state index contributed by atoms with van der Waals surface area (Å²) in [7, 11) is -3.54. The second-order valence-corrected chi connectivity index (χ2v) is 9.06. The van der Waals surface area contributed by atoms with Gasteiger partial charge in [0.2, 0.25) is 16.8 Å². The molecule has 6 nitrogen and oxygen atoms in total. The predicted octanol–water partition coefficient (Wildman–Crippen LogP) is 3.05. The molecule has 0 aliphatic carbocycles. The van der Waals surface area contributed by atoms with Crippen molar-refractivity contribution in [2.75, 3.05) is 37.9 Å². The van der Waals surface area contributed by atoms with Gasteiger partial charge in [0.1, 0.15) is 0 Å². The quantitative estimate of drug-likeness (QED) is 0.806. The molecule has 0 N–H and O–H groups in total. The Balaban J connectivity index is 1.51. The Morgan fingerprint density at radius 2 is 1.63 bits per heavy atom. The van der Waals surface area contributed by atoms with Gasteiger partial charge in [-0.15, -0.1) is 0 Å². The molecule has 0 amide bonds. The molecule has 2 aliphatic rings. The van der Waals surface area contributed by atoms with E-state index in [1.54, 1.807) is 22.5 Å². The van der Waals surface area contributed by atoms with Crippen LogP contribution in [0.5, 0.6) is 11.5 Å². The van der Waals surface area contributed by atoms with Crippen molar-refractivity contribution in [3.8, 4) is 11.5 Å². The Bertz CT molecular complexity index is 935. The van der Waals surface area contributed by atoms with E-state index in [0.29, 0.717) is 43.6 Å². The number of rotatable bonds is 4. The van der Waals surface area contributed by atoms with E-state index in [4.69, 9.17) is 9.47 Å². The van der Waals surface area contributed by atoms with E-state index in [1.807, 2.05) is 6.07 Å². The first-order valence-electron chi connectivity index (χ1n) is 9.20. The third-order valence-electron chi connectivity index (χ3n) is 5.12. The molecule has 0 aromatic heterocycles. The SMILES string of the molecule is CC(C)c1ccccc1N1CCN(S(=O)(=O)c2ccc3c(c2)OCO3)CC1. The highest BCUT2D eigenvalue weighted by Gasteiger charge is 2.30. The zero-order valence-corrected chi connectivity index (χ0v) is 16.4. The normalized spacial score (nSPS) is 17.5. The third-order valence-corrected chi connectivity index (χ3v) is 7.01. The van der Waals surface area contributed by atoms with Gasteiger partial charge in [0.25, 0.3) is 0 Å². The van der Waals surface area contributed by atoms with Crippen molar-refractivity contribution >= 4 is 15.7 Å². The number of hydrogen-bond donors (Lipinski definition) is 0. The van der Waals surface area contributed by atoms with Crippen LogP contribution >= 0.6 is 0 Å². The van der Waals surface area contributed by atoms with Gasteiger partial charge in [-0.1, -0.05) is 32.0 Å². The van der Waals surface area contributed by atoms with E-state index in [1.165, 1.54) is 11.3 Å². The summed E-state index contributed by atoms with van der Waals surface area (Å²) in [5, 5.41) is 0. The van der Waals surface area contributed by atoms with Crippen LogP contribution in [-0.2, 0) is 10.0 Å². The Kier molecular flexibility index (Phi) is 4.74. The molecular formula is C20H24N2O4S. The van der Waals surface area contributed by atoms with Crippen molar-refractivity contribution in [1.29, 1.82) is 0 Å². The van der Waals surface area contributed by atoms with Crippen molar-refractivity contribution in [1.82, 2.24) is 4.31 Å². The smallest absolute Gasteiger partial charge is 0.243 e. The van der Waals surface area contributed by atoms with E-state index in [2.05, 4.69) is 36.9 Å². The maximum atomic E-state index is 13.0. The molecule has 7 heteroatoms. The van der Waals surface area contributed by atoms with E-state index in [0.717, 1.165) is 0 Å². The van der Waals surface area contributed by atoms with E-state index < -0.39 is 10.0 Å². The average Bonchev–Trinajstić information content (AvgIpc) is 3.16. The fourth-order valence-corrected chi connectivity index (χ4v) is 5.06. The van der Waals surface area contributed by atoms with Gasteiger partial charge in [0.15, 0.2) is 11.5 Å². The van der Waals surface area contributed by atoms with Crippen molar-refractivity contribution in [3.05, 3.63) is 48.0 Å². The lowest BCUT2D eigenvalue weighted by Gasteiger charge is -2.36. The summed E-state index contributed by atoms with van der Waals surface area (Å²) in [6.45, 7) is 6.76. The van der Waals surface area contributed by atoms with Crippen molar-refractivity contribution in [3.63, 3.8) is 0 Å². The molecule has 2 heterocycles. The number of hydrogen-bond acceptors (Lipinski definition) is 5. The molecule has 0 bridgehead atoms. The number of piperazine rings is 1. The molecule has 1 fully saturated rings. The van der Waals surface area contributed by atoms with Crippen molar-refractivity contribution in [2.24, 2.45) is 0 Å². The van der Waals surface area contributed by atoms with E-state index in [-0.39, 0.29) is 11.7 Å². The molecule has 0 unspecified atom stereocenters. The summed E-state index contributed by atoms with van der Waals surface area (Å²) in [5.74, 6) is 1.50. The molecule has 27 heavy (non-hydrogen) atoms. The van der Waals surface area contributed by atoms with Gasteiger partial charge < -0.3 is 14.4 Å². The van der Waals surface area contributed by atoms with E-state index >= 15 is 0 Å². The minimum Gasteiger partial charge on any atom is -0.454 e. The minimum absolute atomic E-state index is 0.132. The lowest BCUT2D eigenvalue weighted by atomic mass is 10.00. The van der Waals surface area contributed by atoms with Crippen molar-refractivity contribution in [2.45, 2.75) is 24.7 Å². The highest BCUT2D eigenvalue weighted by molar-refractivity contribution is 7.89. The Labute approximate surface area is 160 Å². The van der Waals surface area contributed by atoms with Crippen LogP contribution in [-0.4, -0.2) is 45.7 Å². The van der Waals surface area contributed by atoms with Crippen LogP contribution in [0.25, 0.3) is 0 Å². The average molecular weight is 388 g/mol. The van der Waals surface area contributed by atoms with Gasteiger partial charge in [-0.3, -0.25) is 0 Å². The first kappa shape index (κ1) is 18.1. The molecular weight excluding hydrogens is 364 g/mol. The minimum atomic E-state index is -3.54. The van der Waals surface area contributed by atoms with Crippen LogP contribution in [0.2, 0.25) is 0 Å². The lowest BCUT2D eigenvalue weighted by molar-refractivity contribution is 0.174. The fourth-order valence-electron chi connectivity index (χ4n) is 3.62. The van der Waals surface area contributed by atoms with Gasteiger partial charge in [0, 0.05) is 37.9 Å². The van der Waals surface area contributed by atoms with Crippen LogP contribution in [0, 0.1) is 0 Å². The summed E-state index contributed by atoms with van der Waals surface area (Å²) < 4.78 is 38.2. The summed E-state index contributed by atoms with van der Waals surface area (Å²) >= 11 is 0. The number of ether oxygens (including phenoxy) is 2. The van der Waals surface area contributed by atoms with Crippen molar-refractivity contribution < 1.29 is 17.9 Å². The molecule has 0 spiro atoms. The number of para-hydroxylation sites is 1. The maximum absolute atomic E-state index is 13.0. The summed E-state index contributed by atoms with van der Waals surface area (Å²) in [6.07, 6.45) is 0. The first-order valence-corrected chi connectivity index (χ1v) is 10.6. The molecule has 1 saturated heterocycles. The summed E-state index contributed by atoms with van der Waals surface area (Å²) in [5.41, 5.74) is 2.50. The largest absolute Gasteiger partial charge is 0.454 e. The lowest BCUT2D eigenvalue weighted by Crippen LogP contribution is -2.48. The second kappa shape index (κ2) is 7.05. The Morgan fingerprint density at radius 1 is 0.926 bits per heavy atom. The topological polar surface area (TPSA) is 59.1 Å². The number of fused-ring (bicyclic) bond motifs is 1. The zero-order chi connectivity index (χ0) is 19.0. The summed E-state index contributed by atoms with van der Waals surface area (Å²) in [6, 6.07) is 13.2. The monoisotopic (exact) mass is 388 g/mol. The zero-order valence-electron chi connectivity index (χ0n) is 15.6. The number of benzene rings is 2. The maximum Gasteiger partial charge on any atom is 0.243 e. The van der Waals surface area contributed by atoms with Gasteiger partial charge in [-0.2, -0.15) is 4.31 Å². The molecule has 0 radical (unpaired) electrons. The number of anilines is 1. The predicted molar refractivity (Wildman–Crippen MR) is 104 cm³/mol. The fraction of sp³-hybridized carbons (Fsp3) is 0.400.